The summed E-state index contributed by atoms with van der Waals surface area (Å²) in [5.74, 6) is 0.377. The van der Waals surface area contributed by atoms with E-state index in [0.717, 1.165) is 43.9 Å². The molecule has 2 amide bonds. The highest BCUT2D eigenvalue weighted by molar-refractivity contribution is 5.91. The summed E-state index contributed by atoms with van der Waals surface area (Å²) in [5, 5.41) is 5.73. The van der Waals surface area contributed by atoms with Crippen molar-refractivity contribution in [3.8, 4) is 5.75 Å². The van der Waals surface area contributed by atoms with Crippen molar-refractivity contribution in [1.29, 1.82) is 0 Å². The van der Waals surface area contributed by atoms with E-state index in [1.807, 2.05) is 24.3 Å². The SMILES string of the molecule is COc1ccccc1CCNC(=O)C[NH+]1CC[NH+](CC(=O)Nc2cccc(F)c2)CC1. The average molecular weight is 431 g/mol. The van der Waals surface area contributed by atoms with Gasteiger partial charge in [0.05, 0.1) is 7.11 Å². The smallest absolute Gasteiger partial charge is 0.279 e. The Morgan fingerprint density at radius 3 is 2.32 bits per heavy atom. The number of quaternary nitrogens is 2. The number of carbonyl (C=O) groups excluding carboxylic acids is 2. The van der Waals surface area contributed by atoms with Gasteiger partial charge in [0.25, 0.3) is 11.8 Å². The molecular weight excluding hydrogens is 399 g/mol. The van der Waals surface area contributed by atoms with E-state index in [4.69, 9.17) is 4.74 Å². The minimum Gasteiger partial charge on any atom is -0.496 e. The van der Waals surface area contributed by atoms with E-state index in [1.54, 1.807) is 19.2 Å². The van der Waals surface area contributed by atoms with Crippen molar-refractivity contribution in [2.45, 2.75) is 6.42 Å². The van der Waals surface area contributed by atoms with Gasteiger partial charge in [0.1, 0.15) is 37.7 Å². The molecule has 2 aromatic rings. The van der Waals surface area contributed by atoms with E-state index >= 15 is 0 Å². The number of rotatable bonds is 9. The summed E-state index contributed by atoms with van der Waals surface area (Å²) in [6.45, 7) is 4.67. The Hall–Kier alpha value is -2.97. The Morgan fingerprint density at radius 1 is 0.968 bits per heavy atom. The van der Waals surface area contributed by atoms with Crippen molar-refractivity contribution in [2.75, 3.05) is 58.2 Å². The highest BCUT2D eigenvalue weighted by Crippen LogP contribution is 2.17. The summed E-state index contributed by atoms with van der Waals surface area (Å²) in [6.07, 6.45) is 0.726. The summed E-state index contributed by atoms with van der Waals surface area (Å²) < 4.78 is 18.6. The predicted octanol–water partition coefficient (Wildman–Crippen LogP) is -1.08. The molecular formula is C23H31FN4O3+2. The van der Waals surface area contributed by atoms with Crippen LogP contribution in [0.1, 0.15) is 5.56 Å². The fraction of sp³-hybridized carbons (Fsp3) is 0.391. The van der Waals surface area contributed by atoms with Gasteiger partial charge in [0.15, 0.2) is 13.1 Å². The van der Waals surface area contributed by atoms with Gasteiger partial charge in [-0.05, 0) is 36.2 Å². The van der Waals surface area contributed by atoms with Crippen LogP contribution in [0, 0.1) is 5.82 Å². The Bertz CT molecular complexity index is 885. The highest BCUT2D eigenvalue weighted by Gasteiger charge is 2.26. The lowest BCUT2D eigenvalue weighted by molar-refractivity contribution is -1.00. The van der Waals surface area contributed by atoms with Crippen molar-refractivity contribution in [2.24, 2.45) is 0 Å². The third-order valence-electron chi connectivity index (χ3n) is 5.50. The number of amides is 2. The number of hydrogen-bond acceptors (Lipinski definition) is 3. The van der Waals surface area contributed by atoms with Crippen LogP contribution in [0.3, 0.4) is 0 Å². The maximum Gasteiger partial charge on any atom is 0.279 e. The molecule has 7 nitrogen and oxygen atoms in total. The summed E-state index contributed by atoms with van der Waals surface area (Å²) in [6, 6.07) is 13.7. The lowest BCUT2D eigenvalue weighted by atomic mass is 10.1. The predicted molar refractivity (Wildman–Crippen MR) is 116 cm³/mol. The first kappa shape index (κ1) is 22.7. The number of halogens is 1. The van der Waals surface area contributed by atoms with Crippen LogP contribution in [0.4, 0.5) is 10.1 Å². The van der Waals surface area contributed by atoms with Gasteiger partial charge in [0, 0.05) is 12.2 Å². The second kappa shape index (κ2) is 11.4. The fourth-order valence-corrected chi connectivity index (χ4v) is 3.84. The molecule has 0 saturated carbocycles. The largest absolute Gasteiger partial charge is 0.496 e. The number of methoxy groups -OCH3 is 1. The van der Waals surface area contributed by atoms with E-state index in [9.17, 15) is 14.0 Å². The van der Waals surface area contributed by atoms with E-state index in [1.165, 1.54) is 21.9 Å². The summed E-state index contributed by atoms with van der Waals surface area (Å²) in [5.41, 5.74) is 1.55. The molecule has 4 N–H and O–H groups in total. The number of para-hydroxylation sites is 1. The number of anilines is 1. The van der Waals surface area contributed by atoms with Gasteiger partial charge in [-0.25, -0.2) is 4.39 Å². The van der Waals surface area contributed by atoms with Crippen molar-refractivity contribution < 1.29 is 28.5 Å². The summed E-state index contributed by atoms with van der Waals surface area (Å²) in [7, 11) is 1.65. The number of hydrogen-bond donors (Lipinski definition) is 4. The van der Waals surface area contributed by atoms with Crippen LogP contribution in [-0.4, -0.2) is 64.7 Å². The van der Waals surface area contributed by atoms with Gasteiger partial charge in [-0.2, -0.15) is 0 Å². The second-order valence-corrected chi connectivity index (χ2v) is 7.82. The molecule has 2 aromatic carbocycles. The minimum atomic E-state index is -0.372. The van der Waals surface area contributed by atoms with E-state index < -0.39 is 0 Å². The number of carbonyl (C=O) groups is 2. The molecule has 166 valence electrons. The minimum absolute atomic E-state index is 0.0391. The molecule has 8 heteroatoms. The van der Waals surface area contributed by atoms with E-state index in [2.05, 4.69) is 10.6 Å². The third-order valence-corrected chi connectivity index (χ3v) is 5.50. The molecule has 0 radical (unpaired) electrons. The maximum atomic E-state index is 13.2. The van der Waals surface area contributed by atoms with Gasteiger partial charge in [0.2, 0.25) is 0 Å². The van der Waals surface area contributed by atoms with Crippen LogP contribution in [0.5, 0.6) is 5.75 Å². The van der Waals surface area contributed by atoms with Crippen molar-refractivity contribution in [3.63, 3.8) is 0 Å². The molecule has 0 aromatic heterocycles. The average Bonchev–Trinajstić information content (AvgIpc) is 2.75. The molecule has 1 aliphatic rings. The van der Waals surface area contributed by atoms with Gasteiger partial charge in [-0.1, -0.05) is 24.3 Å². The zero-order valence-electron chi connectivity index (χ0n) is 17.9. The van der Waals surface area contributed by atoms with Gasteiger partial charge >= 0.3 is 0 Å². The molecule has 31 heavy (non-hydrogen) atoms. The normalized spacial score (nSPS) is 18.3. The lowest BCUT2D eigenvalue weighted by Crippen LogP contribution is -3.28. The molecule has 0 aliphatic carbocycles. The van der Waals surface area contributed by atoms with Gasteiger partial charge in [-0.15, -0.1) is 0 Å². The Kier molecular flexibility index (Phi) is 8.37. The molecule has 0 bridgehead atoms. The number of ether oxygens (including phenoxy) is 1. The van der Waals surface area contributed by atoms with Crippen LogP contribution in [0.2, 0.25) is 0 Å². The van der Waals surface area contributed by atoms with Gasteiger partial charge in [-0.3, -0.25) is 9.59 Å². The van der Waals surface area contributed by atoms with E-state index in [-0.39, 0.29) is 17.6 Å². The Morgan fingerprint density at radius 2 is 1.65 bits per heavy atom. The van der Waals surface area contributed by atoms with Crippen molar-refractivity contribution in [3.05, 3.63) is 59.9 Å². The summed E-state index contributed by atoms with van der Waals surface area (Å²) >= 11 is 0. The molecule has 0 spiro atoms. The molecule has 1 aliphatic heterocycles. The quantitative estimate of drug-likeness (QED) is 0.409. The first-order valence-corrected chi connectivity index (χ1v) is 10.6. The van der Waals surface area contributed by atoms with Crippen LogP contribution in [0.25, 0.3) is 0 Å². The molecule has 1 saturated heterocycles. The molecule has 0 atom stereocenters. The monoisotopic (exact) mass is 430 g/mol. The zero-order valence-corrected chi connectivity index (χ0v) is 17.9. The first-order chi connectivity index (χ1) is 15.0. The maximum absolute atomic E-state index is 13.2. The van der Waals surface area contributed by atoms with Crippen LogP contribution in [0.15, 0.2) is 48.5 Å². The lowest BCUT2D eigenvalue weighted by Gasteiger charge is -2.29. The molecule has 0 unspecified atom stereocenters. The molecule has 1 fully saturated rings. The topological polar surface area (TPSA) is 76.3 Å². The Balaban J connectivity index is 1.33. The summed E-state index contributed by atoms with van der Waals surface area (Å²) in [4.78, 5) is 26.9. The van der Waals surface area contributed by atoms with Crippen molar-refractivity contribution >= 4 is 17.5 Å². The molecule has 3 rings (SSSR count). The standard InChI is InChI=1S/C23H29FN4O3/c1-31-21-8-3-2-5-18(21)9-10-25-22(29)16-27-11-13-28(14-12-27)17-23(30)26-20-7-4-6-19(24)15-20/h2-8,15H,9-14,16-17H2,1H3,(H,25,29)(H,26,30)/p+2. The third kappa shape index (κ3) is 7.34. The van der Waals surface area contributed by atoms with Crippen molar-refractivity contribution in [1.82, 2.24) is 5.32 Å². The van der Waals surface area contributed by atoms with E-state index in [0.29, 0.717) is 25.3 Å². The van der Waals surface area contributed by atoms with Crippen LogP contribution in [-0.2, 0) is 16.0 Å². The number of piperazine rings is 1. The first-order valence-electron chi connectivity index (χ1n) is 10.6. The van der Waals surface area contributed by atoms with Crippen LogP contribution < -0.4 is 25.2 Å². The van der Waals surface area contributed by atoms with Crippen LogP contribution >= 0.6 is 0 Å². The number of nitrogens with one attached hydrogen (secondary N) is 4. The fourth-order valence-electron chi connectivity index (χ4n) is 3.84. The second-order valence-electron chi connectivity index (χ2n) is 7.82. The molecule has 1 heterocycles. The number of benzene rings is 2. The highest BCUT2D eigenvalue weighted by atomic mass is 19.1. The Labute approximate surface area is 182 Å². The van der Waals surface area contributed by atoms with Gasteiger partial charge < -0.3 is 25.2 Å². The zero-order chi connectivity index (χ0) is 22.1.